The average Bonchev–Trinajstić information content (AvgIpc) is 2.47. The highest BCUT2D eigenvalue weighted by atomic mass is 16.1. The molecule has 20 heavy (non-hydrogen) atoms. The van der Waals surface area contributed by atoms with Gasteiger partial charge >= 0.3 is 0 Å². The largest absolute Gasteiger partial charge is 0.347 e. The van der Waals surface area contributed by atoms with Gasteiger partial charge in [0.25, 0.3) is 0 Å². The van der Waals surface area contributed by atoms with Crippen LogP contribution < -0.4 is 5.32 Å². The maximum absolute atomic E-state index is 12.1. The van der Waals surface area contributed by atoms with Crippen molar-refractivity contribution in [3.63, 3.8) is 0 Å². The first-order valence-corrected chi connectivity index (χ1v) is 6.83. The lowest BCUT2D eigenvalue weighted by molar-refractivity contribution is -0.122. The second kappa shape index (κ2) is 6.33. The first kappa shape index (κ1) is 14.3. The second-order valence-electron chi connectivity index (χ2n) is 5.39. The number of nitrogens with one attached hydrogen (secondary N) is 1. The van der Waals surface area contributed by atoms with Gasteiger partial charge in [-0.25, -0.2) is 0 Å². The van der Waals surface area contributed by atoms with Crippen molar-refractivity contribution in [2.75, 3.05) is 0 Å². The van der Waals surface area contributed by atoms with Crippen molar-refractivity contribution in [3.8, 4) is 0 Å². The van der Waals surface area contributed by atoms with E-state index < -0.39 is 0 Å². The van der Waals surface area contributed by atoms with E-state index in [0.29, 0.717) is 6.42 Å². The molecule has 0 aliphatic heterocycles. The molecular formula is C17H20N2O. The molecule has 0 aliphatic rings. The molecule has 0 saturated carbocycles. The lowest BCUT2D eigenvalue weighted by atomic mass is 9.95. The lowest BCUT2D eigenvalue weighted by Gasteiger charge is -2.26. The molecule has 3 heteroatoms. The smallest absolute Gasteiger partial charge is 0.221 e. The predicted octanol–water partition coefficient (Wildman–Crippen LogP) is 3.07. The Morgan fingerprint density at radius 1 is 1.10 bits per heavy atom. The van der Waals surface area contributed by atoms with Crippen LogP contribution in [0.5, 0.6) is 0 Å². The molecule has 0 unspecified atom stereocenters. The zero-order valence-electron chi connectivity index (χ0n) is 12.0. The van der Waals surface area contributed by atoms with E-state index in [2.05, 4.69) is 10.3 Å². The molecule has 1 heterocycles. The first-order valence-electron chi connectivity index (χ1n) is 6.83. The number of carbonyl (C=O) groups is 1. The Morgan fingerprint density at radius 2 is 1.75 bits per heavy atom. The van der Waals surface area contributed by atoms with Gasteiger partial charge in [0.05, 0.1) is 5.54 Å². The zero-order valence-corrected chi connectivity index (χ0v) is 12.0. The minimum atomic E-state index is -0.378. The summed E-state index contributed by atoms with van der Waals surface area (Å²) in [6, 6.07) is 13.9. The molecule has 1 aromatic heterocycles. The zero-order chi connectivity index (χ0) is 14.4. The summed E-state index contributed by atoms with van der Waals surface area (Å²) >= 11 is 0. The molecule has 1 amide bonds. The maximum atomic E-state index is 12.1. The Morgan fingerprint density at radius 3 is 2.40 bits per heavy atom. The maximum Gasteiger partial charge on any atom is 0.221 e. The number of amides is 1. The highest BCUT2D eigenvalue weighted by Gasteiger charge is 2.22. The van der Waals surface area contributed by atoms with Gasteiger partial charge in [-0.05, 0) is 43.5 Å². The van der Waals surface area contributed by atoms with Crippen LogP contribution in [0.25, 0.3) is 0 Å². The summed E-state index contributed by atoms with van der Waals surface area (Å²) in [5.74, 6) is 0.0654. The summed E-state index contributed by atoms with van der Waals surface area (Å²) in [5.41, 5.74) is 1.86. The van der Waals surface area contributed by atoms with Crippen molar-refractivity contribution >= 4 is 5.91 Å². The van der Waals surface area contributed by atoms with E-state index in [4.69, 9.17) is 0 Å². The summed E-state index contributed by atoms with van der Waals surface area (Å²) in [6.07, 6.45) is 4.75. The summed E-state index contributed by atoms with van der Waals surface area (Å²) in [4.78, 5) is 16.1. The summed E-state index contributed by atoms with van der Waals surface area (Å²) in [5, 5.41) is 3.08. The molecular weight excluding hydrogens is 248 g/mol. The third-order valence-corrected chi connectivity index (χ3v) is 3.34. The fraction of sp³-hybridized carbons (Fsp3) is 0.294. The Balaban J connectivity index is 1.91. The molecule has 1 N–H and O–H groups in total. The van der Waals surface area contributed by atoms with Gasteiger partial charge in [-0.2, -0.15) is 0 Å². The number of aromatic nitrogens is 1. The minimum Gasteiger partial charge on any atom is -0.347 e. The van der Waals surface area contributed by atoms with E-state index in [9.17, 15) is 4.79 Å². The van der Waals surface area contributed by atoms with Gasteiger partial charge in [0.2, 0.25) is 5.91 Å². The van der Waals surface area contributed by atoms with Crippen LogP contribution in [0, 0.1) is 0 Å². The van der Waals surface area contributed by atoms with E-state index in [-0.39, 0.29) is 11.4 Å². The van der Waals surface area contributed by atoms with Crippen LogP contribution in [0.1, 0.15) is 31.4 Å². The van der Waals surface area contributed by atoms with Crippen molar-refractivity contribution in [1.29, 1.82) is 0 Å². The number of pyridine rings is 1. The van der Waals surface area contributed by atoms with Crippen LogP contribution in [0.3, 0.4) is 0 Å². The normalized spacial score (nSPS) is 11.1. The highest BCUT2D eigenvalue weighted by Crippen LogP contribution is 2.19. The van der Waals surface area contributed by atoms with Gasteiger partial charge in [0.1, 0.15) is 0 Å². The molecule has 0 radical (unpaired) electrons. The van der Waals surface area contributed by atoms with Crippen molar-refractivity contribution in [1.82, 2.24) is 10.3 Å². The monoisotopic (exact) mass is 268 g/mol. The molecule has 104 valence electrons. The Kier molecular flexibility index (Phi) is 4.51. The van der Waals surface area contributed by atoms with Gasteiger partial charge in [-0.1, -0.05) is 30.3 Å². The number of hydrogen-bond donors (Lipinski definition) is 1. The number of nitrogens with zero attached hydrogens (tertiary/aromatic N) is 1. The Labute approximate surface area is 120 Å². The quantitative estimate of drug-likeness (QED) is 0.905. The van der Waals surface area contributed by atoms with Gasteiger partial charge in [0, 0.05) is 18.8 Å². The number of hydrogen-bond acceptors (Lipinski definition) is 2. The molecule has 2 rings (SSSR count). The second-order valence-corrected chi connectivity index (χ2v) is 5.39. The fourth-order valence-corrected chi connectivity index (χ4v) is 2.15. The molecule has 0 aliphatic carbocycles. The van der Waals surface area contributed by atoms with Crippen LogP contribution in [-0.4, -0.2) is 10.9 Å². The Hall–Kier alpha value is -2.16. The minimum absolute atomic E-state index is 0.0654. The fourth-order valence-electron chi connectivity index (χ4n) is 2.15. The number of benzene rings is 1. The third-order valence-electron chi connectivity index (χ3n) is 3.34. The SMILES string of the molecule is CC(C)(NC(=O)CCc1ccccc1)c1ccncc1. The Bertz CT molecular complexity index is 550. The van der Waals surface area contributed by atoms with Gasteiger partial charge in [-0.3, -0.25) is 9.78 Å². The van der Waals surface area contributed by atoms with E-state index in [1.165, 1.54) is 5.56 Å². The van der Waals surface area contributed by atoms with Crippen LogP contribution >= 0.6 is 0 Å². The predicted molar refractivity (Wildman–Crippen MR) is 80.2 cm³/mol. The first-order chi connectivity index (χ1) is 9.58. The average molecular weight is 268 g/mol. The summed E-state index contributed by atoms with van der Waals surface area (Å²) in [7, 11) is 0. The molecule has 0 fully saturated rings. The molecule has 3 nitrogen and oxygen atoms in total. The van der Waals surface area contributed by atoms with Crippen molar-refractivity contribution in [3.05, 3.63) is 66.0 Å². The molecule has 0 bridgehead atoms. The molecule has 2 aromatic rings. The van der Waals surface area contributed by atoms with Gasteiger partial charge in [-0.15, -0.1) is 0 Å². The summed E-state index contributed by atoms with van der Waals surface area (Å²) < 4.78 is 0. The molecule has 1 aromatic carbocycles. The van der Waals surface area contributed by atoms with Crippen molar-refractivity contribution < 1.29 is 4.79 Å². The molecule has 0 atom stereocenters. The van der Waals surface area contributed by atoms with Crippen molar-refractivity contribution in [2.45, 2.75) is 32.2 Å². The topological polar surface area (TPSA) is 42.0 Å². The van der Waals surface area contributed by atoms with E-state index in [1.54, 1.807) is 12.4 Å². The molecule has 0 saturated heterocycles. The van der Waals surface area contributed by atoms with Crippen LogP contribution in [0.15, 0.2) is 54.9 Å². The van der Waals surface area contributed by atoms with Crippen LogP contribution in [0.2, 0.25) is 0 Å². The van der Waals surface area contributed by atoms with Gasteiger partial charge < -0.3 is 5.32 Å². The third kappa shape index (κ3) is 3.92. The van der Waals surface area contributed by atoms with E-state index >= 15 is 0 Å². The van der Waals surface area contributed by atoms with Crippen LogP contribution in [0.4, 0.5) is 0 Å². The van der Waals surface area contributed by atoms with E-state index in [0.717, 1.165) is 12.0 Å². The molecule has 0 spiro atoms. The number of carbonyl (C=O) groups excluding carboxylic acids is 1. The lowest BCUT2D eigenvalue weighted by Crippen LogP contribution is -2.41. The standard InChI is InChI=1S/C17H20N2O/c1-17(2,15-10-12-18-13-11-15)19-16(20)9-8-14-6-4-3-5-7-14/h3-7,10-13H,8-9H2,1-2H3,(H,19,20). The number of aryl methyl sites for hydroxylation is 1. The van der Waals surface area contributed by atoms with E-state index in [1.807, 2.05) is 56.3 Å². The van der Waals surface area contributed by atoms with Crippen LogP contribution in [-0.2, 0) is 16.8 Å². The van der Waals surface area contributed by atoms with Gasteiger partial charge in [0.15, 0.2) is 0 Å². The number of rotatable bonds is 5. The summed E-state index contributed by atoms with van der Waals surface area (Å²) in [6.45, 7) is 4.01. The van der Waals surface area contributed by atoms with Crippen molar-refractivity contribution in [2.24, 2.45) is 0 Å². The highest BCUT2D eigenvalue weighted by molar-refractivity contribution is 5.77.